The number of carbonyl (C=O) groups is 1. The molecule has 7 heteroatoms. The van der Waals surface area contributed by atoms with E-state index in [1.165, 1.54) is 4.57 Å². The quantitative estimate of drug-likeness (QED) is 0.335. The molecule has 1 heterocycles. The molecule has 24 heavy (non-hydrogen) atoms. The highest BCUT2D eigenvalue weighted by molar-refractivity contribution is 6.08. The predicted octanol–water partition coefficient (Wildman–Crippen LogP) is 2.26. The van der Waals surface area contributed by atoms with Crippen molar-refractivity contribution in [1.82, 2.24) is 4.57 Å². The first-order chi connectivity index (χ1) is 11.3. The normalized spacial score (nSPS) is 10.3. The highest BCUT2D eigenvalue weighted by atomic mass is 16.1. The molecule has 0 aliphatic heterocycles. The molecule has 0 atom stereocenters. The maximum Gasteiger partial charge on any atom is 0.257 e. The standard InChI is InChI=1S/C17H20N6O/c1-9-6-15(21)23(8-18)11(3)16(9)17(24)22-12-4-5-14(20)13(7-12)10(2)19/h4-8,18-19,21H,20H2,1-3H3,(H,22,24). The molecule has 124 valence electrons. The number of benzene rings is 1. The Labute approximate surface area is 139 Å². The molecule has 2 aromatic rings. The van der Waals surface area contributed by atoms with Gasteiger partial charge in [-0.25, -0.2) is 0 Å². The molecule has 7 nitrogen and oxygen atoms in total. The van der Waals surface area contributed by atoms with Crippen LogP contribution in [0, 0.1) is 30.1 Å². The molecule has 0 saturated heterocycles. The van der Waals surface area contributed by atoms with E-state index < -0.39 is 0 Å². The van der Waals surface area contributed by atoms with E-state index in [2.05, 4.69) is 5.32 Å². The predicted molar refractivity (Wildman–Crippen MR) is 95.3 cm³/mol. The molecule has 1 amide bonds. The van der Waals surface area contributed by atoms with E-state index in [9.17, 15) is 4.79 Å². The summed E-state index contributed by atoms with van der Waals surface area (Å²) in [6.07, 6.45) is 1.01. The number of amides is 1. The van der Waals surface area contributed by atoms with E-state index in [-0.39, 0.29) is 11.4 Å². The van der Waals surface area contributed by atoms with Crippen LogP contribution in [0.2, 0.25) is 0 Å². The van der Waals surface area contributed by atoms with Gasteiger partial charge >= 0.3 is 0 Å². The molecular weight excluding hydrogens is 304 g/mol. The van der Waals surface area contributed by atoms with Crippen molar-refractivity contribution >= 4 is 29.3 Å². The molecule has 1 aromatic heterocycles. The molecule has 0 radical (unpaired) electrons. The van der Waals surface area contributed by atoms with E-state index in [0.717, 1.165) is 6.34 Å². The molecule has 0 saturated carbocycles. The molecule has 1 aromatic carbocycles. The molecule has 0 bridgehead atoms. The van der Waals surface area contributed by atoms with Crippen molar-refractivity contribution in [3.05, 3.63) is 52.1 Å². The third-order valence-electron chi connectivity index (χ3n) is 3.80. The number of anilines is 2. The summed E-state index contributed by atoms with van der Waals surface area (Å²) < 4.78 is 1.33. The highest BCUT2D eigenvalue weighted by Crippen LogP contribution is 2.20. The Balaban J connectivity index is 2.45. The van der Waals surface area contributed by atoms with Crippen molar-refractivity contribution in [1.29, 1.82) is 16.2 Å². The lowest BCUT2D eigenvalue weighted by Crippen LogP contribution is -2.27. The summed E-state index contributed by atoms with van der Waals surface area (Å²) >= 11 is 0. The molecular formula is C17H20N6O. The van der Waals surface area contributed by atoms with Gasteiger partial charge in [-0.15, -0.1) is 0 Å². The zero-order valence-electron chi connectivity index (χ0n) is 13.8. The Kier molecular flexibility index (Phi) is 4.64. The smallest absolute Gasteiger partial charge is 0.257 e. The van der Waals surface area contributed by atoms with E-state index >= 15 is 0 Å². The monoisotopic (exact) mass is 324 g/mol. The third kappa shape index (κ3) is 3.10. The molecule has 0 spiro atoms. The van der Waals surface area contributed by atoms with Crippen LogP contribution in [0.25, 0.3) is 0 Å². The summed E-state index contributed by atoms with van der Waals surface area (Å²) in [5.74, 6) is -0.334. The summed E-state index contributed by atoms with van der Waals surface area (Å²) in [6.45, 7) is 5.08. The van der Waals surface area contributed by atoms with Crippen LogP contribution in [0.1, 0.15) is 34.1 Å². The van der Waals surface area contributed by atoms with E-state index in [0.29, 0.717) is 39.5 Å². The number of pyridine rings is 1. The van der Waals surface area contributed by atoms with Gasteiger partial charge in [0.15, 0.2) is 0 Å². The zero-order valence-corrected chi connectivity index (χ0v) is 13.8. The summed E-state index contributed by atoms with van der Waals surface area (Å²) in [6, 6.07) is 6.52. The summed E-state index contributed by atoms with van der Waals surface area (Å²) in [5, 5.41) is 25.8. The number of rotatable bonds is 4. The van der Waals surface area contributed by atoms with E-state index in [1.807, 2.05) is 0 Å². The maximum atomic E-state index is 12.7. The van der Waals surface area contributed by atoms with Crippen molar-refractivity contribution in [2.75, 3.05) is 11.1 Å². The Morgan fingerprint density at radius 3 is 2.54 bits per heavy atom. The molecule has 2 rings (SSSR count). The SMILES string of the molecule is CC(=N)c1cc(NC(=O)c2c(C)cc(=N)n(C=N)c2C)ccc1N. The average Bonchev–Trinajstić information content (AvgIpc) is 2.48. The van der Waals surface area contributed by atoms with E-state index in [1.54, 1.807) is 45.0 Å². The number of nitrogens with one attached hydrogen (secondary N) is 4. The van der Waals surface area contributed by atoms with Gasteiger partial charge in [-0.3, -0.25) is 20.2 Å². The van der Waals surface area contributed by atoms with Crippen molar-refractivity contribution in [3.8, 4) is 0 Å². The van der Waals surface area contributed by atoms with Gasteiger partial charge in [-0.1, -0.05) is 0 Å². The Bertz CT molecular complexity index is 910. The molecule has 0 fully saturated rings. The summed E-state index contributed by atoms with van der Waals surface area (Å²) in [7, 11) is 0. The van der Waals surface area contributed by atoms with Crippen LogP contribution in [0.5, 0.6) is 0 Å². The highest BCUT2D eigenvalue weighted by Gasteiger charge is 2.16. The number of nitrogens with two attached hydrogens (primary N) is 1. The summed E-state index contributed by atoms with van der Waals surface area (Å²) in [4.78, 5) is 12.7. The fourth-order valence-corrected chi connectivity index (χ4v) is 2.60. The number of nitrogens with zero attached hydrogens (tertiary/aromatic N) is 1. The van der Waals surface area contributed by atoms with Gasteiger partial charge in [-0.05, 0) is 50.6 Å². The average molecular weight is 324 g/mol. The lowest BCUT2D eigenvalue weighted by molar-refractivity contribution is 0.102. The topological polar surface area (TPSA) is 132 Å². The second kappa shape index (κ2) is 6.49. The van der Waals surface area contributed by atoms with Crippen LogP contribution >= 0.6 is 0 Å². The Morgan fingerprint density at radius 1 is 1.29 bits per heavy atom. The maximum absolute atomic E-state index is 12.7. The number of nitrogen functional groups attached to an aromatic ring is 1. The number of aromatic nitrogens is 1. The van der Waals surface area contributed by atoms with Crippen LogP contribution < -0.4 is 16.5 Å². The Morgan fingerprint density at radius 2 is 1.96 bits per heavy atom. The summed E-state index contributed by atoms with van der Waals surface area (Å²) in [5.41, 5.74) is 9.47. The minimum absolute atomic E-state index is 0.144. The number of carbonyl (C=O) groups excluding carboxylic acids is 1. The lowest BCUT2D eigenvalue weighted by atomic mass is 10.1. The van der Waals surface area contributed by atoms with Crippen LogP contribution in [0.15, 0.2) is 24.3 Å². The van der Waals surface area contributed by atoms with Gasteiger partial charge in [0.25, 0.3) is 5.91 Å². The molecule has 0 aliphatic rings. The number of hydrogen-bond donors (Lipinski definition) is 5. The number of aryl methyl sites for hydroxylation is 1. The first kappa shape index (κ1) is 17.1. The number of hydrogen-bond acceptors (Lipinski definition) is 5. The second-order valence-electron chi connectivity index (χ2n) is 5.55. The van der Waals surface area contributed by atoms with Gasteiger partial charge in [0.2, 0.25) is 0 Å². The van der Waals surface area contributed by atoms with Gasteiger partial charge in [0.05, 0.1) is 11.9 Å². The molecule has 0 aliphatic carbocycles. The van der Waals surface area contributed by atoms with Gasteiger partial charge in [0, 0.05) is 28.3 Å². The fourth-order valence-electron chi connectivity index (χ4n) is 2.60. The van der Waals surface area contributed by atoms with Gasteiger partial charge in [-0.2, -0.15) is 0 Å². The third-order valence-corrected chi connectivity index (χ3v) is 3.80. The largest absolute Gasteiger partial charge is 0.398 e. The first-order valence-corrected chi connectivity index (χ1v) is 7.30. The zero-order chi connectivity index (χ0) is 18.0. The van der Waals surface area contributed by atoms with Crippen molar-refractivity contribution < 1.29 is 4.79 Å². The minimum Gasteiger partial charge on any atom is -0.398 e. The van der Waals surface area contributed by atoms with Crippen molar-refractivity contribution in [3.63, 3.8) is 0 Å². The van der Waals surface area contributed by atoms with E-state index in [4.69, 9.17) is 22.0 Å². The second-order valence-corrected chi connectivity index (χ2v) is 5.55. The van der Waals surface area contributed by atoms with Gasteiger partial charge in [0.1, 0.15) is 5.49 Å². The minimum atomic E-state index is -0.334. The van der Waals surface area contributed by atoms with Crippen LogP contribution in [-0.4, -0.2) is 22.5 Å². The fraction of sp³-hybridized carbons (Fsp3) is 0.176. The lowest BCUT2D eigenvalue weighted by Gasteiger charge is -2.15. The molecule has 6 N–H and O–H groups in total. The van der Waals surface area contributed by atoms with Crippen LogP contribution in [0.4, 0.5) is 11.4 Å². The first-order valence-electron chi connectivity index (χ1n) is 7.30. The van der Waals surface area contributed by atoms with Crippen molar-refractivity contribution in [2.24, 2.45) is 0 Å². The van der Waals surface area contributed by atoms with Crippen LogP contribution in [0.3, 0.4) is 0 Å². The van der Waals surface area contributed by atoms with Crippen LogP contribution in [-0.2, 0) is 0 Å². The molecule has 0 unspecified atom stereocenters. The van der Waals surface area contributed by atoms with Crippen molar-refractivity contribution in [2.45, 2.75) is 20.8 Å². The Hall–Kier alpha value is -3.22. The van der Waals surface area contributed by atoms with Gasteiger partial charge < -0.3 is 16.5 Å².